The van der Waals surface area contributed by atoms with E-state index in [1.54, 1.807) is 36.1 Å². The standard InChI is InChI=1S/C22H27F2N3O2/c1-3-27(15-21(28)26-14-18-6-10-20(24)11-7-18)16(2)22(29)25-13-12-17-4-8-19(23)9-5-17/h4-11,16H,3,12-15H2,1-2H3,(H,25,29)(H,26,28). The summed E-state index contributed by atoms with van der Waals surface area (Å²) < 4.78 is 25.8. The van der Waals surface area contributed by atoms with Gasteiger partial charge in [0, 0.05) is 13.1 Å². The van der Waals surface area contributed by atoms with Gasteiger partial charge in [-0.15, -0.1) is 0 Å². The lowest BCUT2D eigenvalue weighted by atomic mass is 10.1. The van der Waals surface area contributed by atoms with Gasteiger partial charge in [0.05, 0.1) is 12.6 Å². The normalized spacial score (nSPS) is 11.9. The fraction of sp³-hybridized carbons (Fsp3) is 0.364. The fourth-order valence-corrected chi connectivity index (χ4v) is 2.86. The number of amides is 2. The zero-order chi connectivity index (χ0) is 21.2. The maximum Gasteiger partial charge on any atom is 0.237 e. The van der Waals surface area contributed by atoms with Gasteiger partial charge in [0.2, 0.25) is 11.8 Å². The summed E-state index contributed by atoms with van der Waals surface area (Å²) in [7, 11) is 0. The van der Waals surface area contributed by atoms with E-state index in [0.717, 1.165) is 11.1 Å². The van der Waals surface area contributed by atoms with E-state index in [9.17, 15) is 18.4 Å². The summed E-state index contributed by atoms with van der Waals surface area (Å²) in [5.41, 5.74) is 1.74. The summed E-state index contributed by atoms with van der Waals surface area (Å²) in [6.07, 6.45) is 0.600. The summed E-state index contributed by atoms with van der Waals surface area (Å²) in [5.74, 6) is -0.985. The average molecular weight is 403 g/mol. The van der Waals surface area contributed by atoms with Crippen molar-refractivity contribution in [1.82, 2.24) is 15.5 Å². The number of benzene rings is 2. The molecule has 7 heteroatoms. The third kappa shape index (κ3) is 7.62. The van der Waals surface area contributed by atoms with Gasteiger partial charge in [-0.2, -0.15) is 0 Å². The molecule has 0 saturated heterocycles. The highest BCUT2D eigenvalue weighted by molar-refractivity contribution is 5.83. The zero-order valence-corrected chi connectivity index (χ0v) is 16.8. The Morgan fingerprint density at radius 2 is 1.48 bits per heavy atom. The molecule has 156 valence electrons. The Bertz CT molecular complexity index is 795. The second-order valence-corrected chi connectivity index (χ2v) is 6.81. The topological polar surface area (TPSA) is 61.4 Å². The molecular weight excluding hydrogens is 376 g/mol. The second kappa shape index (κ2) is 11.3. The van der Waals surface area contributed by atoms with Crippen LogP contribution in [0.15, 0.2) is 48.5 Å². The Morgan fingerprint density at radius 1 is 0.931 bits per heavy atom. The van der Waals surface area contributed by atoms with Crippen LogP contribution in [0, 0.1) is 11.6 Å². The number of halogens is 2. The number of carbonyl (C=O) groups excluding carboxylic acids is 2. The summed E-state index contributed by atoms with van der Waals surface area (Å²) in [4.78, 5) is 26.4. The lowest BCUT2D eigenvalue weighted by Crippen LogP contribution is -2.49. The van der Waals surface area contributed by atoms with Crippen LogP contribution in [0.1, 0.15) is 25.0 Å². The number of hydrogen-bond acceptors (Lipinski definition) is 3. The lowest BCUT2D eigenvalue weighted by molar-refractivity contribution is -0.128. The molecule has 2 aromatic carbocycles. The van der Waals surface area contributed by atoms with Gasteiger partial charge in [-0.05, 0) is 55.3 Å². The van der Waals surface area contributed by atoms with E-state index in [1.165, 1.54) is 24.3 Å². The predicted octanol–water partition coefficient (Wildman–Crippen LogP) is 2.65. The van der Waals surface area contributed by atoms with E-state index < -0.39 is 6.04 Å². The van der Waals surface area contributed by atoms with E-state index in [1.807, 2.05) is 6.92 Å². The largest absolute Gasteiger partial charge is 0.354 e. The van der Waals surface area contributed by atoms with Gasteiger partial charge in [0.25, 0.3) is 0 Å². The van der Waals surface area contributed by atoms with Crippen LogP contribution in [0.3, 0.4) is 0 Å². The van der Waals surface area contributed by atoms with E-state index >= 15 is 0 Å². The minimum absolute atomic E-state index is 0.0875. The Balaban J connectivity index is 1.76. The summed E-state index contributed by atoms with van der Waals surface area (Å²) in [6.45, 7) is 5.00. The Kier molecular flexibility index (Phi) is 8.73. The molecule has 2 rings (SSSR count). The molecule has 0 aliphatic heterocycles. The maximum atomic E-state index is 12.9. The van der Waals surface area contributed by atoms with E-state index in [4.69, 9.17) is 0 Å². The second-order valence-electron chi connectivity index (χ2n) is 6.81. The molecular formula is C22H27F2N3O2. The summed E-state index contributed by atoms with van der Waals surface area (Å²) in [6, 6.07) is 11.6. The molecule has 0 spiro atoms. The van der Waals surface area contributed by atoms with Crippen LogP contribution >= 0.6 is 0 Å². The van der Waals surface area contributed by atoms with Gasteiger partial charge in [0.1, 0.15) is 11.6 Å². The van der Waals surface area contributed by atoms with Crippen LogP contribution in [0.5, 0.6) is 0 Å². The van der Waals surface area contributed by atoms with E-state index in [2.05, 4.69) is 10.6 Å². The molecule has 2 amide bonds. The smallest absolute Gasteiger partial charge is 0.237 e. The molecule has 0 aromatic heterocycles. The molecule has 0 bridgehead atoms. The number of nitrogens with zero attached hydrogens (tertiary/aromatic N) is 1. The van der Waals surface area contributed by atoms with Crippen molar-refractivity contribution in [2.75, 3.05) is 19.6 Å². The molecule has 0 heterocycles. The summed E-state index contributed by atoms with van der Waals surface area (Å²) in [5, 5.41) is 5.64. The lowest BCUT2D eigenvalue weighted by Gasteiger charge is -2.26. The highest BCUT2D eigenvalue weighted by Crippen LogP contribution is 2.05. The molecule has 0 fully saturated rings. The van der Waals surface area contributed by atoms with Crippen molar-refractivity contribution in [3.05, 3.63) is 71.3 Å². The van der Waals surface area contributed by atoms with Crippen molar-refractivity contribution in [1.29, 1.82) is 0 Å². The number of nitrogens with one attached hydrogen (secondary N) is 2. The number of hydrogen-bond donors (Lipinski definition) is 2. The quantitative estimate of drug-likeness (QED) is 0.641. The van der Waals surface area contributed by atoms with Crippen LogP contribution in [0.2, 0.25) is 0 Å². The molecule has 2 N–H and O–H groups in total. The number of carbonyl (C=O) groups is 2. The Hall–Kier alpha value is -2.80. The van der Waals surface area contributed by atoms with Crippen LogP contribution in [-0.4, -0.2) is 42.4 Å². The van der Waals surface area contributed by atoms with Crippen molar-refractivity contribution in [3.63, 3.8) is 0 Å². The first-order valence-electron chi connectivity index (χ1n) is 9.66. The molecule has 0 aliphatic carbocycles. The van der Waals surface area contributed by atoms with Crippen molar-refractivity contribution < 1.29 is 18.4 Å². The Morgan fingerprint density at radius 3 is 2.03 bits per heavy atom. The molecule has 2 aromatic rings. The van der Waals surface area contributed by atoms with Crippen molar-refractivity contribution in [2.24, 2.45) is 0 Å². The van der Waals surface area contributed by atoms with Crippen molar-refractivity contribution >= 4 is 11.8 Å². The van der Waals surface area contributed by atoms with Gasteiger partial charge in [-0.1, -0.05) is 31.2 Å². The Labute approximate surface area is 170 Å². The first-order chi connectivity index (χ1) is 13.9. The first-order valence-corrected chi connectivity index (χ1v) is 9.66. The minimum atomic E-state index is -0.468. The third-order valence-corrected chi connectivity index (χ3v) is 4.71. The van der Waals surface area contributed by atoms with Gasteiger partial charge in [-0.25, -0.2) is 8.78 Å². The van der Waals surface area contributed by atoms with Crippen LogP contribution < -0.4 is 10.6 Å². The summed E-state index contributed by atoms with van der Waals surface area (Å²) >= 11 is 0. The van der Waals surface area contributed by atoms with Crippen LogP contribution in [-0.2, 0) is 22.6 Å². The van der Waals surface area contributed by atoms with Gasteiger partial charge in [-0.3, -0.25) is 14.5 Å². The van der Waals surface area contributed by atoms with Crippen LogP contribution in [0.4, 0.5) is 8.78 Å². The van der Waals surface area contributed by atoms with Crippen LogP contribution in [0.25, 0.3) is 0 Å². The molecule has 1 atom stereocenters. The third-order valence-electron chi connectivity index (χ3n) is 4.71. The molecule has 29 heavy (non-hydrogen) atoms. The van der Waals surface area contributed by atoms with Crippen molar-refractivity contribution in [3.8, 4) is 0 Å². The highest BCUT2D eigenvalue weighted by Gasteiger charge is 2.21. The minimum Gasteiger partial charge on any atom is -0.354 e. The fourth-order valence-electron chi connectivity index (χ4n) is 2.86. The zero-order valence-electron chi connectivity index (χ0n) is 16.8. The molecule has 0 aliphatic rings. The highest BCUT2D eigenvalue weighted by atomic mass is 19.1. The number of rotatable bonds is 10. The predicted molar refractivity (Wildman–Crippen MR) is 108 cm³/mol. The molecule has 0 radical (unpaired) electrons. The van der Waals surface area contributed by atoms with E-state index in [0.29, 0.717) is 26.1 Å². The van der Waals surface area contributed by atoms with Gasteiger partial charge in [0.15, 0.2) is 0 Å². The molecule has 5 nitrogen and oxygen atoms in total. The molecule has 1 unspecified atom stereocenters. The first kappa shape index (κ1) is 22.5. The SMILES string of the molecule is CCN(CC(=O)NCc1ccc(F)cc1)C(C)C(=O)NCCc1ccc(F)cc1. The monoisotopic (exact) mass is 403 g/mol. The number of likely N-dealkylation sites (N-methyl/N-ethyl adjacent to an activating group) is 1. The van der Waals surface area contributed by atoms with Gasteiger partial charge >= 0.3 is 0 Å². The van der Waals surface area contributed by atoms with E-state index in [-0.39, 0.29) is 30.0 Å². The average Bonchev–Trinajstić information content (AvgIpc) is 2.72. The van der Waals surface area contributed by atoms with Gasteiger partial charge < -0.3 is 10.6 Å². The van der Waals surface area contributed by atoms with Crippen molar-refractivity contribution in [2.45, 2.75) is 32.9 Å². The maximum absolute atomic E-state index is 12.9. The molecule has 0 saturated carbocycles.